The molecule has 0 radical (unpaired) electrons. The van der Waals surface area contributed by atoms with Crippen molar-refractivity contribution >= 4 is 46.6 Å². The summed E-state index contributed by atoms with van der Waals surface area (Å²) in [6.07, 6.45) is 0. The monoisotopic (exact) mass is 339 g/mol. The minimum atomic E-state index is 0.0303. The predicted molar refractivity (Wildman–Crippen MR) is 93.0 cm³/mol. The van der Waals surface area contributed by atoms with Crippen LogP contribution in [0.1, 0.15) is 0 Å². The summed E-state index contributed by atoms with van der Waals surface area (Å²) in [5.41, 5.74) is 0. The summed E-state index contributed by atoms with van der Waals surface area (Å²) in [5.74, 6) is 0. The molecule has 0 aliphatic rings. The van der Waals surface area contributed by atoms with Gasteiger partial charge in [-0.05, 0) is 48.5 Å². The topological polar surface area (TPSA) is 0 Å². The first-order chi connectivity index (χ1) is 9.84. The van der Waals surface area contributed by atoms with Gasteiger partial charge in [0.1, 0.15) is 0 Å². The Labute approximate surface area is 128 Å². The van der Waals surface area contributed by atoms with Gasteiger partial charge >= 0.3 is 0 Å². The Kier molecular flexibility index (Phi) is 2.86. The zero-order valence-electron chi connectivity index (χ0n) is 10.7. The number of benzene rings is 3. The number of hydrogen-bond acceptors (Lipinski definition) is 0. The molecule has 1 aromatic heterocycles. The Morgan fingerprint density at radius 2 is 1.10 bits per heavy atom. The molecule has 0 amide bonds. The summed E-state index contributed by atoms with van der Waals surface area (Å²) in [4.78, 5) is 1.38. The SMILES string of the molecule is Brc1ccc(-[s+]2c3ccccc3c3ccccc32)cc1. The highest BCUT2D eigenvalue weighted by atomic mass is 79.9. The average molecular weight is 340 g/mol. The lowest BCUT2D eigenvalue weighted by atomic mass is 10.2. The Morgan fingerprint density at radius 1 is 0.600 bits per heavy atom. The van der Waals surface area contributed by atoms with Crippen LogP contribution in [0.5, 0.6) is 0 Å². The van der Waals surface area contributed by atoms with Gasteiger partial charge in [0.25, 0.3) is 0 Å². The zero-order valence-corrected chi connectivity index (χ0v) is 13.1. The molecule has 1 heterocycles. The third-order valence-electron chi connectivity index (χ3n) is 3.55. The van der Waals surface area contributed by atoms with E-state index in [9.17, 15) is 0 Å². The van der Waals surface area contributed by atoms with Crippen molar-refractivity contribution in [3.63, 3.8) is 0 Å². The average Bonchev–Trinajstić information content (AvgIpc) is 2.83. The van der Waals surface area contributed by atoms with Gasteiger partial charge in [0.2, 0.25) is 0 Å². The number of halogens is 1. The molecule has 4 rings (SSSR count). The summed E-state index contributed by atoms with van der Waals surface area (Å²) < 4.78 is 4.01. The van der Waals surface area contributed by atoms with E-state index in [-0.39, 0.29) is 10.5 Å². The van der Waals surface area contributed by atoms with E-state index >= 15 is 0 Å². The maximum atomic E-state index is 3.52. The molecule has 0 aliphatic carbocycles. The van der Waals surface area contributed by atoms with E-state index in [0.29, 0.717) is 0 Å². The van der Waals surface area contributed by atoms with E-state index in [0.717, 1.165) is 4.47 Å². The van der Waals surface area contributed by atoms with Crippen molar-refractivity contribution in [2.45, 2.75) is 0 Å². The van der Waals surface area contributed by atoms with E-state index < -0.39 is 0 Å². The second-order valence-electron chi connectivity index (χ2n) is 4.75. The molecule has 0 aliphatic heterocycles. The van der Waals surface area contributed by atoms with Crippen LogP contribution in [0.3, 0.4) is 0 Å². The first-order valence-electron chi connectivity index (χ1n) is 6.53. The highest BCUT2D eigenvalue weighted by molar-refractivity contribution is 9.10. The Bertz CT molecular complexity index is 850. The van der Waals surface area contributed by atoms with Crippen LogP contribution in [0.15, 0.2) is 77.3 Å². The van der Waals surface area contributed by atoms with E-state index in [1.54, 1.807) is 0 Å². The van der Waals surface area contributed by atoms with Gasteiger partial charge in [0.05, 0.1) is 0 Å². The molecular weight excluding hydrogens is 328 g/mol. The maximum Gasteiger partial charge on any atom is 0.187 e. The second kappa shape index (κ2) is 4.72. The van der Waals surface area contributed by atoms with Gasteiger partial charge < -0.3 is 0 Å². The molecule has 0 bridgehead atoms. The summed E-state index contributed by atoms with van der Waals surface area (Å²) >= 11 is 3.52. The third kappa shape index (κ3) is 1.80. The van der Waals surface area contributed by atoms with Crippen molar-refractivity contribution in [3.05, 3.63) is 77.3 Å². The summed E-state index contributed by atoms with van der Waals surface area (Å²) in [5, 5.41) is 2.77. The van der Waals surface area contributed by atoms with Crippen LogP contribution >= 0.6 is 26.4 Å². The number of hydrogen-bond donors (Lipinski definition) is 0. The van der Waals surface area contributed by atoms with Gasteiger partial charge in [0, 0.05) is 25.7 Å². The predicted octanol–water partition coefficient (Wildman–Crippen LogP) is 6.49. The molecule has 0 fully saturated rings. The molecule has 96 valence electrons. The second-order valence-corrected chi connectivity index (χ2v) is 7.63. The van der Waals surface area contributed by atoms with Crippen molar-refractivity contribution in [2.24, 2.45) is 0 Å². The Morgan fingerprint density at radius 3 is 1.65 bits per heavy atom. The van der Waals surface area contributed by atoms with Crippen LogP contribution < -0.4 is 0 Å². The van der Waals surface area contributed by atoms with Crippen LogP contribution in [0.4, 0.5) is 0 Å². The molecule has 0 nitrogen and oxygen atoms in total. The van der Waals surface area contributed by atoms with Crippen LogP contribution in [0, 0.1) is 0 Å². The smallest absolute Gasteiger partial charge is 0.0612 e. The fourth-order valence-corrected chi connectivity index (χ4v) is 5.32. The van der Waals surface area contributed by atoms with Gasteiger partial charge in [-0.1, -0.05) is 40.2 Å². The largest absolute Gasteiger partial charge is 0.187 e. The molecule has 20 heavy (non-hydrogen) atoms. The number of fused-ring (bicyclic) bond motifs is 3. The first-order valence-corrected chi connectivity index (χ1v) is 8.55. The van der Waals surface area contributed by atoms with Gasteiger partial charge in [-0.15, -0.1) is 0 Å². The van der Waals surface area contributed by atoms with Crippen molar-refractivity contribution in [1.29, 1.82) is 0 Å². The quantitative estimate of drug-likeness (QED) is 0.347. The fourth-order valence-electron chi connectivity index (χ4n) is 2.68. The summed E-state index contributed by atoms with van der Waals surface area (Å²) in [7, 11) is 0.0303. The first kappa shape index (κ1) is 12.1. The van der Waals surface area contributed by atoms with Crippen molar-refractivity contribution < 1.29 is 0 Å². The molecule has 0 N–H and O–H groups in total. The molecule has 0 saturated carbocycles. The van der Waals surface area contributed by atoms with Crippen LogP contribution in [0.25, 0.3) is 25.1 Å². The van der Waals surface area contributed by atoms with Gasteiger partial charge in [-0.2, -0.15) is 0 Å². The molecule has 3 aromatic carbocycles. The highest BCUT2D eigenvalue weighted by Gasteiger charge is 2.22. The van der Waals surface area contributed by atoms with Crippen LogP contribution in [-0.4, -0.2) is 0 Å². The van der Waals surface area contributed by atoms with E-state index in [4.69, 9.17) is 0 Å². The van der Waals surface area contributed by atoms with Crippen LogP contribution in [-0.2, 0) is 0 Å². The highest BCUT2D eigenvalue weighted by Crippen LogP contribution is 2.48. The summed E-state index contributed by atoms with van der Waals surface area (Å²) in [6.45, 7) is 0. The van der Waals surface area contributed by atoms with Crippen LogP contribution in [0.2, 0.25) is 0 Å². The van der Waals surface area contributed by atoms with Gasteiger partial charge in [0.15, 0.2) is 14.3 Å². The van der Waals surface area contributed by atoms with E-state index in [2.05, 4.69) is 88.7 Å². The zero-order chi connectivity index (χ0) is 13.5. The third-order valence-corrected chi connectivity index (χ3v) is 6.42. The summed E-state index contributed by atoms with van der Waals surface area (Å²) in [6, 6.07) is 26.3. The molecule has 4 aromatic rings. The lowest BCUT2D eigenvalue weighted by Gasteiger charge is -1.93. The van der Waals surface area contributed by atoms with E-state index in [1.807, 2.05) is 0 Å². The molecule has 0 saturated heterocycles. The van der Waals surface area contributed by atoms with Crippen molar-refractivity contribution in [1.82, 2.24) is 0 Å². The number of thiophene rings is 1. The lowest BCUT2D eigenvalue weighted by molar-refractivity contribution is 1.69. The minimum Gasteiger partial charge on any atom is -0.0612 e. The molecule has 0 atom stereocenters. The van der Waals surface area contributed by atoms with E-state index in [1.165, 1.54) is 25.1 Å². The standard InChI is InChI=1S/C18H12BrS/c19-13-9-11-14(12-10-13)20-17-7-3-1-5-15(17)16-6-2-4-8-18(16)20/h1-12H/q+1. The molecule has 0 spiro atoms. The molecular formula is C18H12BrS+. The number of rotatable bonds is 1. The Hall–Kier alpha value is -1.64. The van der Waals surface area contributed by atoms with Gasteiger partial charge in [-0.25, -0.2) is 0 Å². The van der Waals surface area contributed by atoms with Crippen molar-refractivity contribution in [3.8, 4) is 4.90 Å². The minimum absolute atomic E-state index is 0.0303. The normalized spacial score (nSPS) is 11.2. The van der Waals surface area contributed by atoms with Crippen molar-refractivity contribution in [2.75, 3.05) is 0 Å². The lowest BCUT2D eigenvalue weighted by Crippen LogP contribution is -1.70. The molecule has 0 unspecified atom stereocenters. The maximum absolute atomic E-state index is 3.52. The molecule has 2 heteroatoms. The Balaban J connectivity index is 2.17. The fraction of sp³-hybridized carbons (Fsp3) is 0. The van der Waals surface area contributed by atoms with Gasteiger partial charge in [-0.3, -0.25) is 0 Å².